The molecule has 0 unspecified atom stereocenters. The number of carboxylic acid groups (broad SMARTS) is 1. The van der Waals surface area contributed by atoms with Crippen molar-refractivity contribution >= 4 is 22.3 Å². The van der Waals surface area contributed by atoms with E-state index in [1.54, 1.807) is 0 Å². The van der Waals surface area contributed by atoms with Gasteiger partial charge in [0, 0.05) is 17.0 Å². The second-order valence-electron chi connectivity index (χ2n) is 5.32. The van der Waals surface area contributed by atoms with E-state index in [-0.39, 0.29) is 0 Å². The van der Waals surface area contributed by atoms with E-state index in [0.29, 0.717) is 4.88 Å². The van der Waals surface area contributed by atoms with Gasteiger partial charge < -0.3 is 5.11 Å². The maximum Gasteiger partial charge on any atom is 0.347 e. The molecular formula is C17H18N2O2S. The number of rotatable bonds is 5. The van der Waals surface area contributed by atoms with Crippen LogP contribution in [0.3, 0.4) is 0 Å². The number of carboxylic acids is 1. The minimum Gasteiger partial charge on any atom is -0.477 e. The molecule has 5 heteroatoms. The Morgan fingerprint density at radius 1 is 1.32 bits per heavy atom. The van der Waals surface area contributed by atoms with Crippen molar-refractivity contribution in [3.63, 3.8) is 0 Å². The second-order valence-corrected chi connectivity index (χ2v) is 6.29. The van der Waals surface area contributed by atoms with E-state index in [2.05, 4.69) is 11.9 Å². The Hall–Kier alpha value is -2.14. The molecule has 3 aromatic rings. The van der Waals surface area contributed by atoms with Crippen molar-refractivity contribution in [2.45, 2.75) is 33.1 Å². The van der Waals surface area contributed by atoms with Crippen molar-refractivity contribution in [2.24, 2.45) is 0 Å². The average molecular weight is 314 g/mol. The normalized spacial score (nSPS) is 11.2. The summed E-state index contributed by atoms with van der Waals surface area (Å²) in [5.74, 6) is -0.859. The molecule has 22 heavy (non-hydrogen) atoms. The Kier molecular flexibility index (Phi) is 3.98. The summed E-state index contributed by atoms with van der Waals surface area (Å²) in [5.41, 5.74) is 3.88. The summed E-state index contributed by atoms with van der Waals surface area (Å²) in [5, 5.41) is 9.43. The van der Waals surface area contributed by atoms with Gasteiger partial charge in [-0.2, -0.15) is 0 Å². The summed E-state index contributed by atoms with van der Waals surface area (Å²) in [6.07, 6.45) is 2.78. The molecule has 1 N–H and O–H groups in total. The third-order valence-electron chi connectivity index (χ3n) is 3.81. The van der Waals surface area contributed by atoms with Crippen LogP contribution in [0.4, 0.5) is 0 Å². The van der Waals surface area contributed by atoms with Crippen LogP contribution in [-0.2, 0) is 6.42 Å². The zero-order valence-electron chi connectivity index (χ0n) is 12.7. The van der Waals surface area contributed by atoms with E-state index in [1.165, 1.54) is 11.3 Å². The molecule has 1 aromatic carbocycles. The number of carbonyl (C=O) groups is 1. The van der Waals surface area contributed by atoms with Gasteiger partial charge in [0.1, 0.15) is 4.88 Å². The fraction of sp³-hybridized carbons (Fsp3) is 0.294. The highest BCUT2D eigenvalue weighted by Crippen LogP contribution is 2.31. The van der Waals surface area contributed by atoms with Crippen molar-refractivity contribution in [3.8, 4) is 11.3 Å². The van der Waals surface area contributed by atoms with Gasteiger partial charge in [-0.25, -0.2) is 9.78 Å². The minimum atomic E-state index is -0.859. The average Bonchev–Trinajstić information content (AvgIpc) is 3.03. The standard InChI is InChI=1S/C17H18N2O2S/c1-3-4-10-13-15(16(20)21)22-17-18-14(11(2)19(13)17)12-8-6-5-7-9-12/h5-9H,3-4,10H2,1-2H3,(H,20,21). The minimum absolute atomic E-state index is 0.415. The zero-order chi connectivity index (χ0) is 15.7. The molecule has 0 amide bonds. The number of unbranched alkanes of at least 4 members (excludes halogenated alkanes) is 1. The SMILES string of the molecule is CCCCc1c(C(=O)O)sc2nc(-c3ccccc3)c(C)n12. The Morgan fingerprint density at radius 2 is 2.05 bits per heavy atom. The van der Waals surface area contributed by atoms with Crippen LogP contribution in [0.1, 0.15) is 40.8 Å². The van der Waals surface area contributed by atoms with Crippen LogP contribution in [-0.4, -0.2) is 20.5 Å². The second kappa shape index (κ2) is 5.93. The Morgan fingerprint density at radius 3 is 2.68 bits per heavy atom. The number of aromatic nitrogens is 2. The first kappa shape index (κ1) is 14.8. The first-order chi connectivity index (χ1) is 10.6. The van der Waals surface area contributed by atoms with Crippen molar-refractivity contribution in [1.29, 1.82) is 0 Å². The monoisotopic (exact) mass is 314 g/mol. The van der Waals surface area contributed by atoms with Crippen molar-refractivity contribution < 1.29 is 9.90 Å². The summed E-state index contributed by atoms with van der Waals surface area (Å²) < 4.78 is 2.02. The highest BCUT2D eigenvalue weighted by atomic mass is 32.1. The molecule has 0 atom stereocenters. The molecule has 0 fully saturated rings. The van der Waals surface area contributed by atoms with Gasteiger partial charge in [-0.15, -0.1) is 0 Å². The van der Waals surface area contributed by atoms with Crippen LogP contribution in [0.25, 0.3) is 16.2 Å². The van der Waals surface area contributed by atoms with Gasteiger partial charge in [-0.1, -0.05) is 55.0 Å². The summed E-state index contributed by atoms with van der Waals surface area (Å²) in [7, 11) is 0. The maximum atomic E-state index is 11.5. The van der Waals surface area contributed by atoms with Crippen LogP contribution in [0, 0.1) is 6.92 Å². The van der Waals surface area contributed by atoms with E-state index in [9.17, 15) is 9.90 Å². The molecular weight excluding hydrogens is 296 g/mol. The summed E-state index contributed by atoms with van der Waals surface area (Å²) in [6.45, 7) is 4.12. The molecule has 0 aliphatic heterocycles. The number of hydrogen-bond acceptors (Lipinski definition) is 3. The van der Waals surface area contributed by atoms with E-state index < -0.39 is 5.97 Å². The number of aromatic carboxylic acids is 1. The molecule has 0 aliphatic carbocycles. The van der Waals surface area contributed by atoms with Gasteiger partial charge in [0.25, 0.3) is 0 Å². The van der Waals surface area contributed by atoms with Crippen molar-refractivity contribution in [1.82, 2.24) is 9.38 Å². The van der Waals surface area contributed by atoms with Gasteiger partial charge >= 0.3 is 5.97 Å². The summed E-state index contributed by atoms with van der Waals surface area (Å²) in [4.78, 5) is 17.3. The van der Waals surface area contributed by atoms with Gasteiger partial charge in [0.2, 0.25) is 0 Å². The fourth-order valence-corrected chi connectivity index (χ4v) is 3.78. The van der Waals surface area contributed by atoms with E-state index in [4.69, 9.17) is 0 Å². The molecule has 0 bridgehead atoms. The lowest BCUT2D eigenvalue weighted by atomic mass is 10.1. The van der Waals surface area contributed by atoms with Crippen LogP contribution in [0.2, 0.25) is 0 Å². The molecule has 2 heterocycles. The van der Waals surface area contributed by atoms with E-state index in [0.717, 1.165) is 46.9 Å². The molecule has 0 radical (unpaired) electrons. The lowest BCUT2D eigenvalue weighted by molar-refractivity contribution is 0.0700. The molecule has 3 rings (SSSR count). The predicted octanol–water partition coefficient (Wildman–Crippen LogP) is 4.41. The number of benzene rings is 1. The number of hydrogen-bond donors (Lipinski definition) is 1. The Balaban J connectivity index is 2.19. The summed E-state index contributed by atoms with van der Waals surface area (Å²) in [6, 6.07) is 10.0. The maximum absolute atomic E-state index is 11.5. The molecule has 0 aliphatic rings. The van der Waals surface area contributed by atoms with Crippen LogP contribution in [0.5, 0.6) is 0 Å². The number of aryl methyl sites for hydroxylation is 2. The van der Waals surface area contributed by atoms with Gasteiger partial charge in [0.05, 0.1) is 5.69 Å². The third-order valence-corrected chi connectivity index (χ3v) is 4.88. The Bertz CT molecular complexity index is 818. The largest absolute Gasteiger partial charge is 0.477 e. The number of nitrogens with zero attached hydrogens (tertiary/aromatic N) is 2. The third kappa shape index (κ3) is 2.41. The van der Waals surface area contributed by atoms with Gasteiger partial charge in [-0.05, 0) is 19.8 Å². The number of fused-ring (bicyclic) bond motifs is 1. The van der Waals surface area contributed by atoms with Crippen LogP contribution < -0.4 is 0 Å². The van der Waals surface area contributed by atoms with Crippen LogP contribution >= 0.6 is 11.3 Å². The zero-order valence-corrected chi connectivity index (χ0v) is 13.5. The highest BCUT2D eigenvalue weighted by Gasteiger charge is 2.22. The predicted molar refractivity (Wildman–Crippen MR) is 88.8 cm³/mol. The lowest BCUT2D eigenvalue weighted by Crippen LogP contribution is -2.03. The molecule has 4 nitrogen and oxygen atoms in total. The van der Waals surface area contributed by atoms with Gasteiger partial charge in [0.15, 0.2) is 4.96 Å². The summed E-state index contributed by atoms with van der Waals surface area (Å²) >= 11 is 1.26. The number of thiazole rings is 1. The molecule has 0 saturated carbocycles. The molecule has 0 spiro atoms. The number of imidazole rings is 1. The quantitative estimate of drug-likeness (QED) is 0.759. The first-order valence-corrected chi connectivity index (χ1v) is 8.24. The fourth-order valence-electron chi connectivity index (χ4n) is 2.72. The lowest BCUT2D eigenvalue weighted by Gasteiger charge is -2.04. The molecule has 0 saturated heterocycles. The van der Waals surface area contributed by atoms with Crippen LogP contribution in [0.15, 0.2) is 30.3 Å². The first-order valence-electron chi connectivity index (χ1n) is 7.43. The topological polar surface area (TPSA) is 54.6 Å². The van der Waals surface area contributed by atoms with Crippen molar-refractivity contribution in [2.75, 3.05) is 0 Å². The Labute approximate surface area is 133 Å². The molecule has 2 aromatic heterocycles. The van der Waals surface area contributed by atoms with E-state index in [1.807, 2.05) is 41.7 Å². The smallest absolute Gasteiger partial charge is 0.347 e. The van der Waals surface area contributed by atoms with E-state index >= 15 is 0 Å². The van der Waals surface area contributed by atoms with Crippen molar-refractivity contribution in [3.05, 3.63) is 46.6 Å². The molecule has 114 valence electrons. The highest BCUT2D eigenvalue weighted by molar-refractivity contribution is 7.19. The van der Waals surface area contributed by atoms with Gasteiger partial charge in [-0.3, -0.25) is 4.40 Å².